The van der Waals surface area contributed by atoms with Crippen molar-refractivity contribution in [1.82, 2.24) is 40.8 Å². The number of hydrogen-bond acceptors (Lipinski definition) is 7. The van der Waals surface area contributed by atoms with Crippen molar-refractivity contribution >= 4 is 17.7 Å². The molecular formula is C14H19N9O3. The highest BCUT2D eigenvalue weighted by atomic mass is 16.2. The first kappa shape index (κ1) is 17.5. The quantitative estimate of drug-likeness (QED) is 0.446. The first-order valence-electron chi connectivity index (χ1n) is 8.09. The summed E-state index contributed by atoms with van der Waals surface area (Å²) in [7, 11) is 0. The van der Waals surface area contributed by atoms with E-state index in [-0.39, 0.29) is 17.6 Å². The molecule has 5 N–H and O–H groups in total. The average molecular weight is 361 g/mol. The number of amides is 3. The summed E-state index contributed by atoms with van der Waals surface area (Å²) in [5, 5.41) is 16.8. The van der Waals surface area contributed by atoms with Crippen molar-refractivity contribution in [3.63, 3.8) is 0 Å². The molecule has 1 fully saturated rings. The third-order valence-electron chi connectivity index (χ3n) is 4.22. The van der Waals surface area contributed by atoms with E-state index in [9.17, 15) is 14.4 Å². The van der Waals surface area contributed by atoms with Crippen molar-refractivity contribution in [2.45, 2.75) is 44.3 Å². The summed E-state index contributed by atoms with van der Waals surface area (Å²) in [4.78, 5) is 42.3. The van der Waals surface area contributed by atoms with E-state index in [1.807, 2.05) is 0 Å². The molecule has 2 aromatic rings. The lowest BCUT2D eigenvalue weighted by Crippen LogP contribution is -2.44. The van der Waals surface area contributed by atoms with Crippen LogP contribution < -0.4 is 16.4 Å². The Bertz CT molecular complexity index is 800. The minimum Gasteiger partial charge on any atom is -0.368 e. The van der Waals surface area contributed by atoms with Gasteiger partial charge < -0.3 is 21.4 Å². The molecule has 12 nitrogen and oxygen atoms in total. The summed E-state index contributed by atoms with van der Waals surface area (Å²) < 4.78 is 1.27. The highest BCUT2D eigenvalue weighted by Gasteiger charge is 2.31. The van der Waals surface area contributed by atoms with Crippen molar-refractivity contribution in [2.75, 3.05) is 0 Å². The Labute approximate surface area is 147 Å². The number of primary amides is 1. The molecule has 0 spiro atoms. The van der Waals surface area contributed by atoms with Crippen molar-refractivity contribution in [3.05, 3.63) is 24.0 Å². The van der Waals surface area contributed by atoms with Crippen LogP contribution in [0.1, 0.15) is 43.4 Å². The molecule has 26 heavy (non-hydrogen) atoms. The lowest BCUT2D eigenvalue weighted by Gasteiger charge is -2.21. The number of nitrogens with two attached hydrogens (primary N) is 1. The Hall–Kier alpha value is -3.31. The van der Waals surface area contributed by atoms with Gasteiger partial charge in [-0.25, -0.2) is 9.67 Å². The minimum absolute atomic E-state index is 0.164. The van der Waals surface area contributed by atoms with Gasteiger partial charge in [0.2, 0.25) is 17.7 Å². The Morgan fingerprint density at radius 1 is 1.50 bits per heavy atom. The van der Waals surface area contributed by atoms with Gasteiger partial charge in [-0.1, -0.05) is 0 Å². The van der Waals surface area contributed by atoms with Gasteiger partial charge in [0, 0.05) is 24.7 Å². The molecule has 138 valence electrons. The highest BCUT2D eigenvalue weighted by Crippen LogP contribution is 2.19. The number of nitrogens with zero attached hydrogens (tertiary/aromatic N) is 5. The molecule has 1 saturated heterocycles. The van der Waals surface area contributed by atoms with E-state index in [2.05, 4.69) is 36.1 Å². The van der Waals surface area contributed by atoms with E-state index in [1.54, 1.807) is 13.1 Å². The zero-order valence-electron chi connectivity index (χ0n) is 14.0. The Kier molecular flexibility index (Phi) is 4.91. The van der Waals surface area contributed by atoms with Gasteiger partial charge in [-0.2, -0.15) is 0 Å². The molecule has 0 aliphatic carbocycles. The number of imidazole rings is 1. The first-order chi connectivity index (χ1) is 12.5. The lowest BCUT2D eigenvalue weighted by molar-refractivity contribution is -0.126. The number of carbonyl (C=O) groups is 3. The smallest absolute Gasteiger partial charge is 0.243 e. The molecule has 3 amide bonds. The Balaban J connectivity index is 1.84. The van der Waals surface area contributed by atoms with Crippen molar-refractivity contribution in [2.24, 2.45) is 5.73 Å². The predicted octanol–water partition coefficient (Wildman–Crippen LogP) is -1.88. The molecule has 0 saturated carbocycles. The fourth-order valence-corrected chi connectivity index (χ4v) is 2.73. The van der Waals surface area contributed by atoms with Crippen molar-refractivity contribution < 1.29 is 14.4 Å². The second-order valence-corrected chi connectivity index (χ2v) is 6.06. The molecule has 0 bridgehead atoms. The molecular weight excluding hydrogens is 342 g/mol. The largest absolute Gasteiger partial charge is 0.368 e. The molecule has 0 aromatic carbocycles. The van der Waals surface area contributed by atoms with Crippen LogP contribution in [0.2, 0.25) is 0 Å². The van der Waals surface area contributed by atoms with Crippen LogP contribution in [-0.2, 0) is 20.8 Å². The number of aromatic nitrogens is 6. The van der Waals surface area contributed by atoms with E-state index >= 15 is 0 Å². The first-order valence-corrected chi connectivity index (χ1v) is 8.09. The fourth-order valence-electron chi connectivity index (χ4n) is 2.73. The normalized spacial score (nSPS) is 19.0. The minimum atomic E-state index is -0.785. The third-order valence-corrected chi connectivity index (χ3v) is 4.22. The van der Waals surface area contributed by atoms with E-state index in [1.165, 1.54) is 11.0 Å². The maximum atomic E-state index is 12.5. The molecule has 1 aliphatic heterocycles. The topological polar surface area (TPSA) is 174 Å². The van der Waals surface area contributed by atoms with E-state index in [0.29, 0.717) is 19.3 Å². The fraction of sp³-hybridized carbons (Fsp3) is 0.500. The van der Waals surface area contributed by atoms with Gasteiger partial charge in [0.25, 0.3) is 0 Å². The summed E-state index contributed by atoms with van der Waals surface area (Å²) in [6, 6.07) is -2.03. The van der Waals surface area contributed by atoms with Crippen LogP contribution in [-0.4, -0.2) is 53.9 Å². The van der Waals surface area contributed by atoms with Gasteiger partial charge in [0.05, 0.1) is 12.4 Å². The molecule has 3 atom stereocenters. The number of tetrazole rings is 1. The number of carbonyl (C=O) groups excluding carboxylic acids is 3. The molecule has 0 radical (unpaired) electrons. The predicted molar refractivity (Wildman–Crippen MR) is 86.1 cm³/mol. The molecule has 12 heteroatoms. The molecule has 2 aromatic heterocycles. The maximum absolute atomic E-state index is 12.5. The summed E-state index contributed by atoms with van der Waals surface area (Å²) in [5.74, 6) is -0.833. The van der Waals surface area contributed by atoms with Crippen molar-refractivity contribution in [3.8, 4) is 0 Å². The van der Waals surface area contributed by atoms with Crippen LogP contribution >= 0.6 is 0 Å². The van der Waals surface area contributed by atoms with Crippen LogP contribution in [0.5, 0.6) is 0 Å². The van der Waals surface area contributed by atoms with Gasteiger partial charge in [0.15, 0.2) is 5.82 Å². The summed E-state index contributed by atoms with van der Waals surface area (Å²) in [6.07, 6.45) is 4.17. The van der Waals surface area contributed by atoms with Crippen LogP contribution in [0.3, 0.4) is 0 Å². The van der Waals surface area contributed by atoms with Gasteiger partial charge >= 0.3 is 0 Å². The van der Waals surface area contributed by atoms with Gasteiger partial charge in [-0.05, 0) is 23.8 Å². The molecule has 1 aliphatic rings. The number of aromatic amines is 1. The van der Waals surface area contributed by atoms with Gasteiger partial charge in [-0.3, -0.25) is 14.4 Å². The molecule has 3 heterocycles. The number of hydrogen-bond donors (Lipinski definition) is 4. The number of rotatable bonds is 7. The second kappa shape index (κ2) is 7.29. The number of H-pyrrole nitrogens is 1. The average Bonchev–Trinajstić information content (AvgIpc) is 3.34. The SMILES string of the molecule is CC(C(N)=O)n1nnnc1C(Cc1cnc[nH]1)NC(=O)[C@@H]1CCC(=O)N1. The zero-order chi connectivity index (χ0) is 18.7. The van der Waals surface area contributed by atoms with Gasteiger partial charge in [-0.15, -0.1) is 5.10 Å². The van der Waals surface area contributed by atoms with E-state index < -0.39 is 24.0 Å². The summed E-state index contributed by atoms with van der Waals surface area (Å²) in [5.41, 5.74) is 6.08. The van der Waals surface area contributed by atoms with Crippen LogP contribution in [0.15, 0.2) is 12.5 Å². The third kappa shape index (κ3) is 3.68. The lowest BCUT2D eigenvalue weighted by atomic mass is 10.1. The monoisotopic (exact) mass is 361 g/mol. The van der Waals surface area contributed by atoms with Crippen molar-refractivity contribution in [1.29, 1.82) is 0 Å². The standard InChI is InChI=1S/C14H19N9O3/c1-7(12(15)25)23-13(20-21-22-23)10(4-8-5-16-6-17-8)19-14(26)9-2-3-11(24)18-9/h5-7,9-10H,2-4H2,1H3,(H2,15,25)(H,16,17)(H,18,24)(H,19,26)/t7?,9-,10?/m0/s1. The van der Waals surface area contributed by atoms with Crippen LogP contribution in [0, 0.1) is 0 Å². The molecule has 2 unspecified atom stereocenters. The Morgan fingerprint density at radius 3 is 2.92 bits per heavy atom. The number of nitrogens with one attached hydrogen (secondary N) is 3. The molecule has 3 rings (SSSR count). The summed E-state index contributed by atoms with van der Waals surface area (Å²) >= 11 is 0. The van der Waals surface area contributed by atoms with Gasteiger partial charge in [0.1, 0.15) is 12.1 Å². The summed E-state index contributed by atoms with van der Waals surface area (Å²) in [6.45, 7) is 1.56. The maximum Gasteiger partial charge on any atom is 0.243 e. The highest BCUT2D eigenvalue weighted by molar-refractivity contribution is 5.90. The van der Waals surface area contributed by atoms with E-state index in [4.69, 9.17) is 5.73 Å². The Morgan fingerprint density at radius 2 is 2.31 bits per heavy atom. The second-order valence-electron chi connectivity index (χ2n) is 6.06. The van der Waals surface area contributed by atoms with Crippen LogP contribution in [0.25, 0.3) is 0 Å². The van der Waals surface area contributed by atoms with E-state index in [0.717, 1.165) is 5.69 Å². The van der Waals surface area contributed by atoms with Crippen LogP contribution in [0.4, 0.5) is 0 Å². The zero-order valence-corrected chi connectivity index (χ0v) is 14.0.